The van der Waals surface area contributed by atoms with Gasteiger partial charge in [0.2, 0.25) is 0 Å². The Morgan fingerprint density at radius 3 is 1.21 bits per heavy atom. The van der Waals surface area contributed by atoms with E-state index >= 15 is 0 Å². The fourth-order valence-electron chi connectivity index (χ4n) is 14.5. The Hall–Kier alpha value is -11.7. The zero-order valence-corrected chi connectivity index (χ0v) is 48.3. The maximum absolute atomic E-state index is 7.78. The van der Waals surface area contributed by atoms with E-state index in [0.29, 0.717) is 0 Å². The molecule has 0 N–H and O–H groups in total. The van der Waals surface area contributed by atoms with Crippen LogP contribution in [0.3, 0.4) is 0 Å². The number of para-hydroxylation sites is 9. The summed E-state index contributed by atoms with van der Waals surface area (Å²) in [4.78, 5) is 12.0. The van der Waals surface area contributed by atoms with Crippen molar-refractivity contribution in [2.45, 2.75) is 0 Å². The third-order valence-electron chi connectivity index (χ3n) is 18.2. The Kier molecular flexibility index (Phi) is 11.7. The summed E-state index contributed by atoms with van der Waals surface area (Å²) in [5.41, 5.74) is 24.6. The predicted molar refractivity (Wildman–Crippen MR) is 371 cm³/mol. The second kappa shape index (κ2) is 20.5. The van der Waals surface area contributed by atoms with Gasteiger partial charge in [-0.3, -0.25) is 0 Å². The molecule has 13 aromatic rings. The lowest BCUT2D eigenvalue weighted by Gasteiger charge is -2.44. The standard InChI is InChI=1S/C80H53B2N5O2/c1-8-27-55(28-9-1)83(56-29-10-2-11-30-56)62-48-73-78-76(50-62)88-75-53-72-67(52-68(75)81(78)65-41-23-25-43-71(65)86(73)60-37-18-6-19-38-60)82-66-46-47-70-64(45-44-54-26-22-24-42-69(54)85(70)59-35-16-5-17-36-59)80(66)89-77-51-63(49-74(79(77)82)87(72)61-39-20-7-21-40-61)84(57-31-12-3-13-32-57)58-33-14-4-15-34-58/h1-53H. The lowest BCUT2D eigenvalue weighted by molar-refractivity contribution is 0.486. The van der Waals surface area contributed by atoms with Gasteiger partial charge in [-0.15, -0.1) is 0 Å². The van der Waals surface area contributed by atoms with Crippen LogP contribution >= 0.6 is 0 Å². The average molecular weight is 1140 g/mol. The molecule has 0 spiro atoms. The minimum Gasteiger partial charge on any atom is -0.458 e. The largest absolute Gasteiger partial charge is 0.458 e. The van der Waals surface area contributed by atoms with Crippen LogP contribution in [0, 0.1) is 0 Å². The highest BCUT2D eigenvalue weighted by molar-refractivity contribution is 7.02. The Morgan fingerprint density at radius 1 is 0.258 bits per heavy atom. The lowest BCUT2D eigenvalue weighted by Crippen LogP contribution is -2.63. The lowest BCUT2D eigenvalue weighted by atomic mass is 9.31. The molecule has 0 radical (unpaired) electrons. The van der Waals surface area contributed by atoms with Gasteiger partial charge in [0.05, 0.1) is 22.7 Å². The van der Waals surface area contributed by atoms with Crippen LogP contribution in [-0.4, -0.2) is 13.4 Å². The normalized spacial score (nSPS) is 13.2. The molecule has 0 aromatic heterocycles. The number of hydrogen-bond acceptors (Lipinski definition) is 7. The highest BCUT2D eigenvalue weighted by atomic mass is 16.5. The summed E-state index contributed by atoms with van der Waals surface area (Å²) in [6, 6.07) is 111. The molecule has 0 aliphatic carbocycles. The molecule has 9 heteroatoms. The third-order valence-corrected chi connectivity index (χ3v) is 18.2. The second-order valence-corrected chi connectivity index (χ2v) is 23.2. The first-order valence-electron chi connectivity index (χ1n) is 30.5. The molecule has 7 nitrogen and oxygen atoms in total. The zero-order valence-electron chi connectivity index (χ0n) is 48.3. The molecule has 0 fully saturated rings. The average Bonchev–Trinajstić information content (AvgIpc) is 1.10. The van der Waals surface area contributed by atoms with E-state index in [0.717, 1.165) is 147 Å². The van der Waals surface area contributed by atoms with Crippen molar-refractivity contribution in [1.29, 1.82) is 0 Å². The molecule has 0 unspecified atom stereocenters. The van der Waals surface area contributed by atoms with E-state index in [1.165, 1.54) is 5.46 Å². The van der Waals surface area contributed by atoms with Gasteiger partial charge in [-0.25, -0.2) is 0 Å². The Bertz CT molecular complexity index is 4870. The van der Waals surface area contributed by atoms with Gasteiger partial charge in [-0.05, 0) is 160 Å². The summed E-state index contributed by atoms with van der Waals surface area (Å²) < 4.78 is 15.5. The van der Waals surface area contributed by atoms with Crippen molar-refractivity contribution in [1.82, 2.24) is 0 Å². The number of ether oxygens (including phenoxy) is 2. The number of fused-ring (bicyclic) bond motifs is 11. The predicted octanol–water partition coefficient (Wildman–Crippen LogP) is 17.4. The molecule has 0 amide bonds. The van der Waals surface area contributed by atoms with Crippen LogP contribution in [0.1, 0.15) is 11.1 Å². The maximum Gasteiger partial charge on any atom is 0.256 e. The molecule has 18 rings (SSSR count). The van der Waals surface area contributed by atoms with E-state index in [9.17, 15) is 0 Å². The van der Waals surface area contributed by atoms with Crippen LogP contribution in [0.15, 0.2) is 309 Å². The fraction of sp³-hybridized carbons (Fsp3) is 0. The van der Waals surface area contributed by atoms with Crippen molar-refractivity contribution in [3.8, 4) is 23.0 Å². The topological polar surface area (TPSA) is 34.7 Å². The Morgan fingerprint density at radius 2 is 0.685 bits per heavy atom. The molecule has 416 valence electrons. The number of benzene rings is 13. The molecular weight excluding hydrogens is 1080 g/mol. The fourth-order valence-corrected chi connectivity index (χ4v) is 14.5. The van der Waals surface area contributed by atoms with Gasteiger partial charge in [0, 0.05) is 86.3 Å². The molecule has 5 aliphatic rings. The minimum atomic E-state index is -0.275. The molecule has 0 atom stereocenters. The van der Waals surface area contributed by atoms with Gasteiger partial charge < -0.3 is 34.0 Å². The molecule has 0 bridgehead atoms. The summed E-state index contributed by atoms with van der Waals surface area (Å²) in [6.45, 7) is -0.477. The van der Waals surface area contributed by atoms with E-state index in [1.54, 1.807) is 0 Å². The van der Waals surface area contributed by atoms with Crippen molar-refractivity contribution < 1.29 is 9.47 Å². The van der Waals surface area contributed by atoms with Crippen molar-refractivity contribution in [3.63, 3.8) is 0 Å². The highest BCUT2D eigenvalue weighted by Crippen LogP contribution is 2.52. The zero-order chi connectivity index (χ0) is 58.5. The number of hydrogen-bond donors (Lipinski definition) is 0. The summed E-state index contributed by atoms with van der Waals surface area (Å²) in [5.74, 6) is 3.24. The van der Waals surface area contributed by atoms with Crippen LogP contribution in [-0.2, 0) is 0 Å². The van der Waals surface area contributed by atoms with Crippen LogP contribution in [0.25, 0.3) is 12.2 Å². The minimum absolute atomic E-state index is 0.202. The number of anilines is 15. The van der Waals surface area contributed by atoms with Gasteiger partial charge in [0.15, 0.2) is 0 Å². The van der Waals surface area contributed by atoms with Crippen LogP contribution in [0.5, 0.6) is 23.0 Å². The first-order chi connectivity index (χ1) is 44.2. The van der Waals surface area contributed by atoms with Crippen LogP contribution in [0.4, 0.5) is 85.3 Å². The molecule has 0 saturated carbocycles. The first-order valence-corrected chi connectivity index (χ1v) is 30.5. The van der Waals surface area contributed by atoms with Gasteiger partial charge in [0.25, 0.3) is 13.4 Å². The smallest absolute Gasteiger partial charge is 0.256 e. The van der Waals surface area contributed by atoms with Crippen molar-refractivity contribution in [3.05, 3.63) is 321 Å². The molecule has 89 heavy (non-hydrogen) atoms. The van der Waals surface area contributed by atoms with E-state index in [4.69, 9.17) is 9.47 Å². The Balaban J connectivity index is 0.917. The van der Waals surface area contributed by atoms with Crippen molar-refractivity contribution >= 4 is 144 Å². The van der Waals surface area contributed by atoms with Crippen molar-refractivity contribution in [2.75, 3.05) is 24.5 Å². The van der Waals surface area contributed by atoms with E-state index in [2.05, 4.69) is 346 Å². The van der Waals surface area contributed by atoms with Gasteiger partial charge in [-0.2, -0.15) is 0 Å². The molecular formula is C80H53B2N5O2. The van der Waals surface area contributed by atoms with E-state index in [1.807, 2.05) is 0 Å². The Labute approximate surface area is 518 Å². The van der Waals surface area contributed by atoms with E-state index < -0.39 is 0 Å². The molecule has 13 aromatic carbocycles. The molecule has 5 aliphatic heterocycles. The summed E-state index contributed by atoms with van der Waals surface area (Å²) in [6.07, 6.45) is 4.52. The second-order valence-electron chi connectivity index (χ2n) is 23.2. The van der Waals surface area contributed by atoms with Crippen LogP contribution in [0.2, 0.25) is 0 Å². The third kappa shape index (κ3) is 8.09. The molecule has 5 heterocycles. The highest BCUT2D eigenvalue weighted by Gasteiger charge is 2.48. The number of rotatable bonds is 9. The first kappa shape index (κ1) is 50.6. The summed E-state index contributed by atoms with van der Waals surface area (Å²) >= 11 is 0. The van der Waals surface area contributed by atoms with Gasteiger partial charge in [0.1, 0.15) is 23.0 Å². The van der Waals surface area contributed by atoms with Crippen molar-refractivity contribution in [2.24, 2.45) is 0 Å². The SMILES string of the molecule is C1=Cc2c(ccc3c2Oc2cc(N(c4ccccc4)c4ccccc4)cc4c2B3c2cc3c(cc2N4c2ccccc2)Oc2cc(N(c4ccccc4)c4ccccc4)cc4c2B3c2ccccc2N4c2ccccc2)N(c2ccccc2)c2ccccc21. The quantitative estimate of drug-likeness (QED) is 0.133. The van der Waals surface area contributed by atoms with Gasteiger partial charge >= 0.3 is 0 Å². The maximum atomic E-state index is 7.78. The van der Waals surface area contributed by atoms with Gasteiger partial charge in [-0.1, -0.05) is 182 Å². The summed E-state index contributed by atoms with van der Waals surface area (Å²) in [5, 5.41) is 0. The van der Waals surface area contributed by atoms with E-state index in [-0.39, 0.29) is 13.4 Å². The summed E-state index contributed by atoms with van der Waals surface area (Å²) in [7, 11) is 0. The number of nitrogens with zero attached hydrogens (tertiary/aromatic N) is 5. The molecule has 0 saturated heterocycles. The van der Waals surface area contributed by atoms with Crippen LogP contribution < -0.4 is 66.8 Å². The monoisotopic (exact) mass is 1140 g/mol.